The lowest BCUT2D eigenvalue weighted by atomic mass is 10.0. The largest absolute Gasteiger partial charge is 0.264 e. The maximum Gasteiger partial charge on any atom is 0.0700 e. The van der Waals surface area contributed by atoms with E-state index in [1.165, 1.54) is 10.8 Å². The number of fused-ring (bicyclic) bond motifs is 1. The molecule has 1 nitrogen and oxygen atoms in total. The van der Waals surface area contributed by atoms with Gasteiger partial charge in [0, 0.05) is 5.56 Å². The molecule has 2 aromatic rings. The molecule has 0 spiro atoms. The second-order valence-corrected chi connectivity index (χ2v) is 3.08. The minimum Gasteiger partial charge on any atom is -0.264 e. The van der Waals surface area contributed by atoms with Gasteiger partial charge in [-0.2, -0.15) is 0 Å². The van der Waals surface area contributed by atoms with Crippen LogP contribution in [-0.2, 0) is 0 Å². The van der Waals surface area contributed by atoms with E-state index in [9.17, 15) is 0 Å². The van der Waals surface area contributed by atoms with E-state index in [1.807, 2.05) is 30.3 Å². The Morgan fingerprint density at radius 1 is 1.07 bits per heavy atom. The SMILES string of the molecule is C=Cc1c(N=C)ccc2ccccc12. The van der Waals surface area contributed by atoms with Gasteiger partial charge in [-0.3, -0.25) is 4.99 Å². The lowest BCUT2D eigenvalue weighted by Crippen LogP contribution is -1.78. The van der Waals surface area contributed by atoms with Crippen molar-refractivity contribution in [3.8, 4) is 0 Å². The molecule has 0 heterocycles. The molecule has 2 aromatic carbocycles. The number of hydrogen-bond donors (Lipinski definition) is 0. The van der Waals surface area contributed by atoms with Gasteiger partial charge >= 0.3 is 0 Å². The Morgan fingerprint density at radius 2 is 1.86 bits per heavy atom. The van der Waals surface area contributed by atoms with E-state index in [-0.39, 0.29) is 0 Å². The van der Waals surface area contributed by atoms with E-state index in [0.717, 1.165) is 11.3 Å². The maximum atomic E-state index is 3.97. The highest BCUT2D eigenvalue weighted by atomic mass is 14.7. The fraction of sp³-hybridized carbons (Fsp3) is 0. The molecule has 1 heteroatoms. The van der Waals surface area contributed by atoms with E-state index in [1.54, 1.807) is 0 Å². The summed E-state index contributed by atoms with van der Waals surface area (Å²) in [4.78, 5) is 3.97. The smallest absolute Gasteiger partial charge is 0.0700 e. The average molecular weight is 181 g/mol. The fourth-order valence-electron chi connectivity index (χ4n) is 1.64. The molecule has 0 aliphatic rings. The predicted octanol–water partition coefficient (Wildman–Crippen LogP) is 3.81. The first kappa shape index (κ1) is 8.70. The van der Waals surface area contributed by atoms with E-state index in [4.69, 9.17) is 0 Å². The highest BCUT2D eigenvalue weighted by molar-refractivity contribution is 5.95. The first-order valence-corrected chi connectivity index (χ1v) is 4.47. The van der Waals surface area contributed by atoms with Crippen molar-refractivity contribution in [2.24, 2.45) is 4.99 Å². The van der Waals surface area contributed by atoms with Crippen molar-refractivity contribution < 1.29 is 0 Å². The molecule has 0 atom stereocenters. The molecule has 0 bridgehead atoms. The van der Waals surface area contributed by atoms with Crippen molar-refractivity contribution in [1.82, 2.24) is 0 Å². The summed E-state index contributed by atoms with van der Waals surface area (Å²) in [6.45, 7) is 7.35. The Balaban J connectivity index is 2.90. The minimum atomic E-state index is 0.888. The Kier molecular flexibility index (Phi) is 2.15. The van der Waals surface area contributed by atoms with Crippen molar-refractivity contribution >= 4 is 29.3 Å². The molecule has 0 fully saturated rings. The van der Waals surface area contributed by atoms with Gasteiger partial charge in [0.05, 0.1) is 5.69 Å². The number of nitrogens with zero attached hydrogens (tertiary/aromatic N) is 1. The van der Waals surface area contributed by atoms with E-state index >= 15 is 0 Å². The lowest BCUT2D eigenvalue weighted by molar-refractivity contribution is 1.56. The Hall–Kier alpha value is -1.89. The van der Waals surface area contributed by atoms with Gasteiger partial charge in [-0.1, -0.05) is 43.0 Å². The van der Waals surface area contributed by atoms with Crippen LogP contribution in [0.1, 0.15) is 5.56 Å². The van der Waals surface area contributed by atoms with E-state index in [0.29, 0.717) is 0 Å². The van der Waals surface area contributed by atoms with Crippen molar-refractivity contribution in [3.05, 3.63) is 48.5 Å². The zero-order valence-electron chi connectivity index (χ0n) is 7.90. The van der Waals surface area contributed by atoms with E-state index in [2.05, 4.69) is 30.4 Å². The molecule has 0 saturated heterocycles. The van der Waals surface area contributed by atoms with Crippen molar-refractivity contribution in [1.29, 1.82) is 0 Å². The van der Waals surface area contributed by atoms with Crippen LogP contribution >= 0.6 is 0 Å². The van der Waals surface area contributed by atoms with E-state index < -0.39 is 0 Å². The van der Waals surface area contributed by atoms with Crippen LogP contribution in [0.15, 0.2) is 48.0 Å². The molecule has 0 radical (unpaired) electrons. The Morgan fingerprint density at radius 3 is 2.57 bits per heavy atom. The van der Waals surface area contributed by atoms with Crippen LogP contribution in [0.3, 0.4) is 0 Å². The molecule has 0 amide bonds. The van der Waals surface area contributed by atoms with Crippen LogP contribution < -0.4 is 0 Å². The summed E-state index contributed by atoms with van der Waals surface area (Å²) in [5, 5.41) is 2.38. The number of rotatable bonds is 2. The van der Waals surface area contributed by atoms with Gasteiger partial charge in [-0.25, -0.2) is 0 Å². The zero-order valence-corrected chi connectivity index (χ0v) is 7.90. The molecule has 68 valence electrons. The summed E-state index contributed by atoms with van der Waals surface area (Å²) in [6.07, 6.45) is 1.83. The summed E-state index contributed by atoms with van der Waals surface area (Å²) >= 11 is 0. The summed E-state index contributed by atoms with van der Waals surface area (Å²) in [7, 11) is 0. The molecule has 0 unspecified atom stereocenters. The van der Waals surface area contributed by atoms with Gasteiger partial charge in [0.2, 0.25) is 0 Å². The maximum absolute atomic E-state index is 3.97. The summed E-state index contributed by atoms with van der Waals surface area (Å²) in [5.41, 5.74) is 1.94. The second-order valence-electron chi connectivity index (χ2n) is 3.08. The third kappa shape index (κ3) is 1.23. The average Bonchev–Trinajstić information content (AvgIpc) is 2.27. The zero-order chi connectivity index (χ0) is 9.97. The molecule has 0 aliphatic carbocycles. The summed E-state index contributed by atoms with van der Waals surface area (Å²) in [5.74, 6) is 0. The van der Waals surface area contributed by atoms with Gasteiger partial charge in [-0.15, -0.1) is 0 Å². The monoisotopic (exact) mass is 181 g/mol. The Bertz CT molecular complexity index is 498. The molecule has 2 rings (SSSR count). The molecule has 0 N–H and O–H groups in total. The molecule has 0 aromatic heterocycles. The van der Waals surface area contributed by atoms with Crippen LogP contribution in [0.25, 0.3) is 16.8 Å². The van der Waals surface area contributed by atoms with Gasteiger partial charge in [-0.05, 0) is 23.6 Å². The van der Waals surface area contributed by atoms with Crippen molar-refractivity contribution in [2.45, 2.75) is 0 Å². The van der Waals surface area contributed by atoms with Gasteiger partial charge < -0.3 is 0 Å². The highest BCUT2D eigenvalue weighted by Crippen LogP contribution is 2.28. The van der Waals surface area contributed by atoms with Crippen LogP contribution in [0.2, 0.25) is 0 Å². The fourth-order valence-corrected chi connectivity index (χ4v) is 1.64. The Labute approximate surface area is 83.4 Å². The lowest BCUT2D eigenvalue weighted by Gasteiger charge is -2.04. The highest BCUT2D eigenvalue weighted by Gasteiger charge is 2.01. The number of hydrogen-bond acceptors (Lipinski definition) is 1. The van der Waals surface area contributed by atoms with Gasteiger partial charge in [0.25, 0.3) is 0 Å². The standard InChI is InChI=1S/C13H11N/c1-3-11-12-7-5-4-6-10(12)8-9-13(11)14-2/h3-9H,1-2H2. The molecular weight excluding hydrogens is 170 g/mol. The minimum absolute atomic E-state index is 0.888. The quantitative estimate of drug-likeness (QED) is 0.624. The summed E-state index contributed by atoms with van der Waals surface area (Å²) in [6, 6.07) is 12.2. The number of benzene rings is 2. The van der Waals surface area contributed by atoms with Crippen LogP contribution in [0.5, 0.6) is 0 Å². The van der Waals surface area contributed by atoms with Gasteiger partial charge in [0.1, 0.15) is 0 Å². The molecule has 0 saturated carbocycles. The van der Waals surface area contributed by atoms with Gasteiger partial charge in [0.15, 0.2) is 0 Å². The topological polar surface area (TPSA) is 12.4 Å². The first-order valence-electron chi connectivity index (χ1n) is 4.47. The summed E-state index contributed by atoms with van der Waals surface area (Å²) < 4.78 is 0. The van der Waals surface area contributed by atoms with Crippen LogP contribution in [0.4, 0.5) is 5.69 Å². The van der Waals surface area contributed by atoms with Crippen LogP contribution in [-0.4, -0.2) is 6.72 Å². The third-order valence-electron chi connectivity index (χ3n) is 2.32. The molecule has 14 heavy (non-hydrogen) atoms. The van der Waals surface area contributed by atoms with Crippen LogP contribution in [0, 0.1) is 0 Å². The molecular formula is C13H11N. The third-order valence-corrected chi connectivity index (χ3v) is 2.32. The van der Waals surface area contributed by atoms with Crippen molar-refractivity contribution in [3.63, 3.8) is 0 Å². The first-order chi connectivity index (χ1) is 6.86. The second kappa shape index (κ2) is 3.46. The number of aliphatic imine (C=N–C) groups is 1. The normalized spacial score (nSPS) is 10.0. The molecule has 0 aliphatic heterocycles. The van der Waals surface area contributed by atoms with Crippen molar-refractivity contribution in [2.75, 3.05) is 0 Å². The predicted molar refractivity (Wildman–Crippen MR) is 63.2 cm³/mol.